The molecule has 1 aliphatic carbocycles. The Morgan fingerprint density at radius 2 is 2.11 bits per heavy atom. The minimum absolute atomic E-state index is 0.149. The summed E-state index contributed by atoms with van der Waals surface area (Å²) in [6, 6.07) is -0.709. The largest absolute Gasteiger partial charge is 0.480 e. The van der Waals surface area contributed by atoms with E-state index in [-0.39, 0.29) is 11.2 Å². The monoisotopic (exact) mass is 273 g/mol. The van der Waals surface area contributed by atoms with Gasteiger partial charge in [-0.05, 0) is 31.4 Å². The first-order chi connectivity index (χ1) is 8.54. The molecule has 0 aromatic heterocycles. The number of hydrogen-bond acceptors (Lipinski definition) is 3. The summed E-state index contributed by atoms with van der Waals surface area (Å²) in [7, 11) is 0. The van der Waals surface area contributed by atoms with Crippen LogP contribution in [-0.2, 0) is 9.59 Å². The predicted octanol–water partition coefficient (Wildman–Crippen LogP) is 2.28. The molecule has 18 heavy (non-hydrogen) atoms. The second-order valence-corrected chi connectivity index (χ2v) is 6.39. The fourth-order valence-corrected chi connectivity index (χ4v) is 2.71. The molecule has 0 saturated heterocycles. The minimum atomic E-state index is -0.916. The van der Waals surface area contributed by atoms with E-state index in [1.54, 1.807) is 11.8 Å². The van der Waals surface area contributed by atoms with Crippen molar-refractivity contribution >= 4 is 23.6 Å². The third-order valence-electron chi connectivity index (χ3n) is 3.12. The zero-order chi connectivity index (χ0) is 13.5. The number of carboxylic acids is 1. The molecule has 0 spiro atoms. The van der Waals surface area contributed by atoms with Gasteiger partial charge in [-0.3, -0.25) is 4.79 Å². The number of carbonyl (C=O) groups excluding carboxylic acids is 1. The van der Waals surface area contributed by atoms with E-state index in [1.807, 2.05) is 6.92 Å². The van der Waals surface area contributed by atoms with Crippen LogP contribution in [0.1, 0.15) is 46.0 Å². The van der Waals surface area contributed by atoms with Crippen molar-refractivity contribution < 1.29 is 14.7 Å². The normalized spacial score (nSPS) is 18.1. The molecule has 0 aromatic rings. The molecule has 2 atom stereocenters. The number of unbranched alkanes of at least 4 members (excludes halogenated alkanes) is 1. The van der Waals surface area contributed by atoms with Crippen molar-refractivity contribution in [1.29, 1.82) is 0 Å². The van der Waals surface area contributed by atoms with Gasteiger partial charge in [0.05, 0.1) is 5.25 Å². The molecule has 2 N–H and O–H groups in total. The number of carboxylic acid groups (broad SMARTS) is 1. The average molecular weight is 273 g/mol. The van der Waals surface area contributed by atoms with Crippen molar-refractivity contribution in [3.63, 3.8) is 0 Å². The number of hydrogen-bond donors (Lipinski definition) is 2. The van der Waals surface area contributed by atoms with Crippen LogP contribution in [0.5, 0.6) is 0 Å². The Balaban J connectivity index is 2.32. The van der Waals surface area contributed by atoms with E-state index in [4.69, 9.17) is 5.11 Å². The number of thioether (sulfide) groups is 1. The van der Waals surface area contributed by atoms with E-state index in [0.717, 1.165) is 31.4 Å². The van der Waals surface area contributed by atoms with Crippen molar-refractivity contribution in [3.05, 3.63) is 0 Å². The number of rotatable bonds is 9. The van der Waals surface area contributed by atoms with E-state index in [0.29, 0.717) is 12.3 Å². The molecule has 5 heteroatoms. The first-order valence-corrected chi connectivity index (χ1v) is 7.74. The summed E-state index contributed by atoms with van der Waals surface area (Å²) in [5.74, 6) is 0.380. The highest BCUT2D eigenvalue weighted by atomic mass is 32.2. The Kier molecular flexibility index (Phi) is 6.54. The molecule has 0 aliphatic heterocycles. The van der Waals surface area contributed by atoms with Gasteiger partial charge in [-0.1, -0.05) is 26.2 Å². The number of nitrogens with one attached hydrogen (secondary N) is 1. The van der Waals surface area contributed by atoms with E-state index >= 15 is 0 Å². The van der Waals surface area contributed by atoms with Gasteiger partial charge < -0.3 is 10.4 Å². The lowest BCUT2D eigenvalue weighted by atomic mass is 10.1. The van der Waals surface area contributed by atoms with Gasteiger partial charge in [0.1, 0.15) is 6.04 Å². The highest BCUT2D eigenvalue weighted by Crippen LogP contribution is 2.33. The predicted molar refractivity (Wildman–Crippen MR) is 73.7 cm³/mol. The van der Waals surface area contributed by atoms with E-state index in [2.05, 4.69) is 12.2 Å². The summed E-state index contributed by atoms with van der Waals surface area (Å²) in [6.07, 6.45) is 4.97. The van der Waals surface area contributed by atoms with Crippen molar-refractivity contribution in [1.82, 2.24) is 5.32 Å². The third kappa shape index (κ3) is 5.76. The van der Waals surface area contributed by atoms with Crippen LogP contribution in [0.4, 0.5) is 0 Å². The molecule has 104 valence electrons. The van der Waals surface area contributed by atoms with Gasteiger partial charge in [-0.15, -0.1) is 11.8 Å². The van der Waals surface area contributed by atoms with E-state index < -0.39 is 12.0 Å². The molecule has 0 bridgehead atoms. The second-order valence-electron chi connectivity index (χ2n) is 4.95. The lowest BCUT2D eigenvalue weighted by molar-refractivity contribution is -0.142. The Hall–Kier alpha value is -0.710. The van der Waals surface area contributed by atoms with Gasteiger partial charge in [0.15, 0.2) is 0 Å². The SMILES string of the molecule is CCCCSC(C)C(=O)NC(CC1CC1)C(=O)O. The van der Waals surface area contributed by atoms with Crippen molar-refractivity contribution in [2.24, 2.45) is 5.92 Å². The lowest BCUT2D eigenvalue weighted by Gasteiger charge is -2.17. The van der Waals surface area contributed by atoms with Gasteiger partial charge in [-0.25, -0.2) is 4.79 Å². The summed E-state index contributed by atoms with van der Waals surface area (Å²) in [5.41, 5.74) is 0. The Morgan fingerprint density at radius 3 is 2.61 bits per heavy atom. The van der Waals surface area contributed by atoms with E-state index in [9.17, 15) is 9.59 Å². The molecule has 4 nitrogen and oxygen atoms in total. The molecule has 1 amide bonds. The van der Waals surface area contributed by atoms with Gasteiger partial charge >= 0.3 is 5.97 Å². The van der Waals surface area contributed by atoms with Crippen LogP contribution in [0, 0.1) is 5.92 Å². The molecular formula is C13H23NO3S. The summed E-state index contributed by atoms with van der Waals surface area (Å²) >= 11 is 1.59. The maximum Gasteiger partial charge on any atom is 0.326 e. The quantitative estimate of drug-likeness (QED) is 0.632. The van der Waals surface area contributed by atoms with Crippen LogP contribution >= 0.6 is 11.8 Å². The van der Waals surface area contributed by atoms with Gasteiger partial charge in [0, 0.05) is 0 Å². The maximum absolute atomic E-state index is 11.9. The van der Waals surface area contributed by atoms with Crippen molar-refractivity contribution in [2.75, 3.05) is 5.75 Å². The summed E-state index contributed by atoms with van der Waals surface area (Å²) in [6.45, 7) is 3.95. The van der Waals surface area contributed by atoms with Crippen molar-refractivity contribution in [2.45, 2.75) is 57.2 Å². The fraction of sp³-hybridized carbons (Fsp3) is 0.846. The van der Waals surface area contributed by atoms with Crippen LogP contribution in [0.25, 0.3) is 0 Å². The highest BCUT2D eigenvalue weighted by molar-refractivity contribution is 8.00. The molecule has 0 aromatic carbocycles. The van der Waals surface area contributed by atoms with Gasteiger partial charge in [0.2, 0.25) is 5.91 Å². The standard InChI is InChI=1S/C13H23NO3S/c1-3-4-7-18-9(2)12(15)14-11(13(16)17)8-10-5-6-10/h9-11H,3-8H2,1-2H3,(H,14,15)(H,16,17). The molecule has 1 rings (SSSR count). The van der Waals surface area contributed by atoms with Gasteiger partial charge in [0.25, 0.3) is 0 Å². The topological polar surface area (TPSA) is 66.4 Å². The van der Waals surface area contributed by atoms with Crippen LogP contribution in [0.15, 0.2) is 0 Å². The molecule has 1 saturated carbocycles. The average Bonchev–Trinajstić information content (AvgIpc) is 3.12. The number of amides is 1. The fourth-order valence-electron chi connectivity index (χ4n) is 1.68. The molecule has 2 unspecified atom stereocenters. The summed E-state index contributed by atoms with van der Waals surface area (Å²) < 4.78 is 0. The smallest absolute Gasteiger partial charge is 0.326 e. The molecule has 1 fully saturated rings. The van der Waals surface area contributed by atoms with Crippen LogP contribution in [0.2, 0.25) is 0 Å². The zero-order valence-electron chi connectivity index (χ0n) is 11.1. The number of carbonyl (C=O) groups is 2. The summed E-state index contributed by atoms with van der Waals surface area (Å²) in [4.78, 5) is 22.9. The maximum atomic E-state index is 11.9. The molecular weight excluding hydrogens is 250 g/mol. The minimum Gasteiger partial charge on any atom is -0.480 e. The molecule has 1 aliphatic rings. The Bertz CT molecular complexity index is 292. The van der Waals surface area contributed by atoms with Crippen LogP contribution in [-0.4, -0.2) is 34.0 Å². The summed E-state index contributed by atoms with van der Waals surface area (Å²) in [5, 5.41) is 11.6. The first-order valence-electron chi connectivity index (χ1n) is 6.69. The lowest BCUT2D eigenvalue weighted by Crippen LogP contribution is -2.44. The third-order valence-corrected chi connectivity index (χ3v) is 4.35. The second kappa shape index (κ2) is 7.67. The highest BCUT2D eigenvalue weighted by Gasteiger charge is 2.31. The Morgan fingerprint density at radius 1 is 1.44 bits per heavy atom. The van der Waals surface area contributed by atoms with Gasteiger partial charge in [-0.2, -0.15) is 0 Å². The zero-order valence-corrected chi connectivity index (χ0v) is 12.0. The molecule has 0 heterocycles. The van der Waals surface area contributed by atoms with Crippen molar-refractivity contribution in [3.8, 4) is 0 Å². The van der Waals surface area contributed by atoms with Crippen LogP contribution < -0.4 is 5.32 Å². The first kappa shape index (κ1) is 15.3. The molecule has 0 radical (unpaired) electrons. The number of aliphatic carboxylic acids is 1. The van der Waals surface area contributed by atoms with E-state index in [1.165, 1.54) is 0 Å². The van der Waals surface area contributed by atoms with Crippen LogP contribution in [0.3, 0.4) is 0 Å². The Labute approximate surface area is 113 Å².